The van der Waals surface area contributed by atoms with Gasteiger partial charge in [-0.3, -0.25) is 4.79 Å². The third-order valence-corrected chi connectivity index (χ3v) is 3.08. The zero-order chi connectivity index (χ0) is 14.4. The fourth-order valence-corrected chi connectivity index (χ4v) is 1.87. The van der Waals surface area contributed by atoms with Crippen molar-refractivity contribution in [1.82, 2.24) is 10.3 Å². The molecule has 1 aromatic carbocycles. The minimum atomic E-state index is -0.00324. The molecule has 0 radical (unpaired) electrons. The molecular weight excluding hydrogens is 252 g/mol. The maximum Gasteiger partial charge on any atom is 0.223 e. The van der Waals surface area contributed by atoms with Crippen molar-refractivity contribution in [3.63, 3.8) is 0 Å². The van der Waals surface area contributed by atoms with E-state index < -0.39 is 0 Å². The predicted octanol–water partition coefficient (Wildman–Crippen LogP) is 2.72. The Kier molecular flexibility index (Phi) is 4.82. The first-order chi connectivity index (χ1) is 9.65. The molecule has 4 nitrogen and oxygen atoms in total. The van der Waals surface area contributed by atoms with E-state index in [1.165, 1.54) is 0 Å². The monoisotopic (exact) mass is 272 g/mol. The largest absolute Gasteiger partial charge is 0.493 e. The second-order valence-electron chi connectivity index (χ2n) is 4.86. The molecule has 106 valence electrons. The number of ether oxygens (including phenoxy) is 1. The number of rotatable bonds is 6. The van der Waals surface area contributed by atoms with Crippen molar-refractivity contribution in [2.45, 2.75) is 26.8 Å². The van der Waals surface area contributed by atoms with Crippen LogP contribution in [-0.4, -0.2) is 17.5 Å². The van der Waals surface area contributed by atoms with Crippen molar-refractivity contribution in [2.24, 2.45) is 0 Å². The van der Waals surface area contributed by atoms with Crippen molar-refractivity contribution < 1.29 is 9.53 Å². The number of benzene rings is 1. The van der Waals surface area contributed by atoms with Crippen LogP contribution >= 0.6 is 0 Å². The van der Waals surface area contributed by atoms with Crippen LogP contribution in [0.3, 0.4) is 0 Å². The van der Waals surface area contributed by atoms with Gasteiger partial charge in [0.15, 0.2) is 0 Å². The number of aromatic nitrogens is 1. The summed E-state index contributed by atoms with van der Waals surface area (Å²) in [7, 11) is 0. The zero-order valence-corrected chi connectivity index (χ0v) is 11.9. The third-order valence-electron chi connectivity index (χ3n) is 3.08. The molecule has 1 aromatic heterocycles. The minimum Gasteiger partial charge on any atom is -0.493 e. The Morgan fingerprint density at radius 2 is 2.15 bits per heavy atom. The molecule has 2 rings (SSSR count). The lowest BCUT2D eigenvalue weighted by molar-refractivity contribution is -0.121. The second kappa shape index (κ2) is 6.80. The highest BCUT2D eigenvalue weighted by Gasteiger charge is 2.04. The molecule has 0 aliphatic rings. The first-order valence-corrected chi connectivity index (χ1v) is 6.73. The van der Waals surface area contributed by atoms with Crippen LogP contribution in [0.15, 0.2) is 36.7 Å². The fourth-order valence-electron chi connectivity index (χ4n) is 1.87. The molecule has 2 aromatic rings. The standard InChI is InChI=1S/C16H20N2O2/c1-12-3-4-13(2)15(9-12)20-8-6-16(19)18-11-14-5-7-17-10-14/h3-5,7,9-10,17H,6,8,11H2,1-2H3,(H,18,19). The van der Waals surface area contributed by atoms with Crippen LogP contribution in [0.4, 0.5) is 0 Å². The lowest BCUT2D eigenvalue weighted by Crippen LogP contribution is -2.24. The highest BCUT2D eigenvalue weighted by Crippen LogP contribution is 2.19. The summed E-state index contributed by atoms with van der Waals surface area (Å²) in [5.74, 6) is 0.847. The van der Waals surface area contributed by atoms with E-state index in [-0.39, 0.29) is 5.91 Å². The molecule has 4 heteroatoms. The lowest BCUT2D eigenvalue weighted by Gasteiger charge is -2.10. The highest BCUT2D eigenvalue weighted by molar-refractivity contribution is 5.75. The molecule has 0 saturated heterocycles. The van der Waals surface area contributed by atoms with Crippen molar-refractivity contribution in [1.29, 1.82) is 0 Å². The van der Waals surface area contributed by atoms with E-state index in [1.54, 1.807) is 0 Å². The first kappa shape index (κ1) is 14.2. The quantitative estimate of drug-likeness (QED) is 0.849. The summed E-state index contributed by atoms with van der Waals surface area (Å²) in [6.45, 7) is 4.96. The molecule has 0 atom stereocenters. The predicted molar refractivity (Wildman–Crippen MR) is 78.7 cm³/mol. The average molecular weight is 272 g/mol. The van der Waals surface area contributed by atoms with Gasteiger partial charge in [0.05, 0.1) is 13.0 Å². The Balaban J connectivity index is 1.72. The van der Waals surface area contributed by atoms with Crippen molar-refractivity contribution >= 4 is 5.91 Å². The van der Waals surface area contributed by atoms with Gasteiger partial charge in [-0.1, -0.05) is 12.1 Å². The molecule has 1 amide bonds. The molecule has 0 aliphatic carbocycles. The van der Waals surface area contributed by atoms with Crippen molar-refractivity contribution in [3.8, 4) is 5.75 Å². The smallest absolute Gasteiger partial charge is 0.223 e. The fraction of sp³-hybridized carbons (Fsp3) is 0.312. The number of H-pyrrole nitrogens is 1. The molecule has 0 aliphatic heterocycles. The summed E-state index contributed by atoms with van der Waals surface area (Å²) in [4.78, 5) is 14.6. The van der Waals surface area contributed by atoms with Gasteiger partial charge in [-0.2, -0.15) is 0 Å². The Labute approximate surface area is 119 Å². The Morgan fingerprint density at radius 1 is 1.30 bits per heavy atom. The summed E-state index contributed by atoms with van der Waals surface area (Å²) >= 11 is 0. The molecule has 0 spiro atoms. The van der Waals surface area contributed by atoms with E-state index in [0.29, 0.717) is 19.6 Å². The van der Waals surface area contributed by atoms with Gasteiger partial charge in [0.1, 0.15) is 5.75 Å². The topological polar surface area (TPSA) is 54.1 Å². The minimum absolute atomic E-state index is 0.00324. The molecule has 0 fully saturated rings. The number of carbonyl (C=O) groups is 1. The van der Waals surface area contributed by atoms with E-state index in [9.17, 15) is 4.79 Å². The Morgan fingerprint density at radius 3 is 2.90 bits per heavy atom. The maximum absolute atomic E-state index is 11.7. The van der Waals surface area contributed by atoms with Crippen LogP contribution < -0.4 is 10.1 Å². The van der Waals surface area contributed by atoms with Gasteiger partial charge >= 0.3 is 0 Å². The highest BCUT2D eigenvalue weighted by atomic mass is 16.5. The summed E-state index contributed by atoms with van der Waals surface area (Å²) in [6.07, 6.45) is 4.07. The number of nitrogens with one attached hydrogen (secondary N) is 2. The number of aryl methyl sites for hydroxylation is 2. The maximum atomic E-state index is 11.7. The normalized spacial score (nSPS) is 10.3. The van der Waals surface area contributed by atoms with Crippen LogP contribution in [0.25, 0.3) is 0 Å². The number of aromatic amines is 1. The summed E-state index contributed by atoms with van der Waals surface area (Å²) in [5.41, 5.74) is 3.31. The summed E-state index contributed by atoms with van der Waals surface area (Å²) < 4.78 is 5.66. The van der Waals surface area contributed by atoms with E-state index >= 15 is 0 Å². The molecule has 0 bridgehead atoms. The van der Waals surface area contributed by atoms with Crippen LogP contribution in [0.2, 0.25) is 0 Å². The Bertz CT molecular complexity index is 562. The van der Waals surface area contributed by atoms with E-state index in [0.717, 1.165) is 22.4 Å². The van der Waals surface area contributed by atoms with Crippen LogP contribution in [0.5, 0.6) is 5.75 Å². The van der Waals surface area contributed by atoms with E-state index in [4.69, 9.17) is 4.74 Å². The van der Waals surface area contributed by atoms with E-state index in [1.807, 2.05) is 50.5 Å². The first-order valence-electron chi connectivity index (χ1n) is 6.73. The molecule has 20 heavy (non-hydrogen) atoms. The van der Waals surface area contributed by atoms with Crippen LogP contribution in [0.1, 0.15) is 23.1 Å². The number of hydrogen-bond acceptors (Lipinski definition) is 2. The van der Waals surface area contributed by atoms with Gasteiger partial charge in [-0.25, -0.2) is 0 Å². The van der Waals surface area contributed by atoms with Crippen LogP contribution in [0, 0.1) is 13.8 Å². The molecule has 1 heterocycles. The summed E-state index contributed by atoms with van der Waals surface area (Å²) in [5, 5.41) is 2.86. The second-order valence-corrected chi connectivity index (χ2v) is 4.86. The molecule has 0 unspecified atom stereocenters. The van der Waals surface area contributed by atoms with Gasteiger partial charge in [-0.05, 0) is 42.7 Å². The van der Waals surface area contributed by atoms with Gasteiger partial charge < -0.3 is 15.0 Å². The number of hydrogen-bond donors (Lipinski definition) is 2. The Hall–Kier alpha value is -2.23. The lowest BCUT2D eigenvalue weighted by atomic mass is 10.1. The van der Waals surface area contributed by atoms with Crippen LogP contribution in [-0.2, 0) is 11.3 Å². The van der Waals surface area contributed by atoms with Gasteiger partial charge in [0, 0.05) is 18.9 Å². The van der Waals surface area contributed by atoms with Crippen molar-refractivity contribution in [3.05, 3.63) is 53.3 Å². The third kappa shape index (κ3) is 4.16. The SMILES string of the molecule is Cc1ccc(C)c(OCCC(=O)NCc2cc[nH]c2)c1. The van der Waals surface area contributed by atoms with Gasteiger partial charge in [0.2, 0.25) is 5.91 Å². The molecule has 0 saturated carbocycles. The average Bonchev–Trinajstić information content (AvgIpc) is 2.93. The summed E-state index contributed by atoms with van der Waals surface area (Å²) in [6, 6.07) is 8.00. The number of carbonyl (C=O) groups excluding carboxylic acids is 1. The number of amides is 1. The van der Waals surface area contributed by atoms with Crippen molar-refractivity contribution in [2.75, 3.05) is 6.61 Å². The van der Waals surface area contributed by atoms with E-state index in [2.05, 4.69) is 10.3 Å². The zero-order valence-electron chi connectivity index (χ0n) is 11.9. The van der Waals surface area contributed by atoms with Gasteiger partial charge in [-0.15, -0.1) is 0 Å². The molecular formula is C16H20N2O2. The van der Waals surface area contributed by atoms with Gasteiger partial charge in [0.25, 0.3) is 0 Å². The molecule has 2 N–H and O–H groups in total.